The van der Waals surface area contributed by atoms with Crippen LogP contribution in [-0.4, -0.2) is 9.13 Å². The highest BCUT2D eigenvalue weighted by Gasteiger charge is 2.25. The highest BCUT2D eigenvalue weighted by molar-refractivity contribution is 6.18. The van der Waals surface area contributed by atoms with Gasteiger partial charge in [0.15, 0.2) is 0 Å². The molecular weight excluding hydrogens is 763 g/mol. The third-order valence-corrected chi connectivity index (χ3v) is 12.5. The van der Waals surface area contributed by atoms with Crippen LogP contribution in [-0.2, 0) is 0 Å². The number of fused-ring (bicyclic) bond motifs is 6. The SMILES string of the molecule is c1ccc(-c2ccc(N(c3ccc(-c4ccccc4)cc3)c3cc4c(cc3-c3cccc5c6ccccc6n(-c6ccccc6)c35)c3ccccc3n4-c3ccccc3)cc2)cc1. The van der Waals surface area contributed by atoms with E-state index in [4.69, 9.17) is 0 Å². The molecule has 0 atom stereocenters. The standard InChI is InChI=1S/C60H41N3/c1-5-18-42(19-6-1)44-32-36-48(37-33-44)61(49-38-34-45(35-39-49)43-20-7-2-8-21-43)58-41-59-54(51-27-14-15-30-56(51)62(59)46-22-9-3-10-23-46)40-55(58)53-29-17-28-52-50-26-13-16-31-57(50)63(60(52)53)47-24-11-4-12-25-47/h1-41H. The van der Waals surface area contributed by atoms with Gasteiger partial charge in [-0.1, -0.05) is 176 Å². The van der Waals surface area contributed by atoms with Crippen LogP contribution in [0.5, 0.6) is 0 Å². The van der Waals surface area contributed by atoms with E-state index in [-0.39, 0.29) is 0 Å². The van der Waals surface area contributed by atoms with Gasteiger partial charge in [-0.25, -0.2) is 0 Å². The molecular formula is C60H41N3. The van der Waals surface area contributed by atoms with E-state index in [2.05, 4.69) is 263 Å². The molecule has 0 radical (unpaired) electrons. The highest BCUT2D eigenvalue weighted by atomic mass is 15.1. The first-order valence-corrected chi connectivity index (χ1v) is 21.6. The van der Waals surface area contributed by atoms with Crippen LogP contribution in [0.2, 0.25) is 0 Å². The molecule has 3 nitrogen and oxygen atoms in total. The molecule has 296 valence electrons. The van der Waals surface area contributed by atoms with E-state index in [9.17, 15) is 0 Å². The van der Waals surface area contributed by atoms with Crippen molar-refractivity contribution in [2.24, 2.45) is 0 Å². The van der Waals surface area contributed by atoms with E-state index >= 15 is 0 Å². The van der Waals surface area contributed by atoms with Crippen LogP contribution in [0.4, 0.5) is 17.1 Å². The van der Waals surface area contributed by atoms with E-state index in [1.807, 2.05) is 0 Å². The molecule has 0 saturated heterocycles. The summed E-state index contributed by atoms with van der Waals surface area (Å²) < 4.78 is 4.88. The number of para-hydroxylation sites is 5. The number of nitrogens with zero attached hydrogens (tertiary/aromatic N) is 3. The Labute approximate surface area is 366 Å². The van der Waals surface area contributed by atoms with Gasteiger partial charge in [0.1, 0.15) is 0 Å². The minimum Gasteiger partial charge on any atom is -0.310 e. The molecule has 10 aromatic carbocycles. The van der Waals surface area contributed by atoms with Gasteiger partial charge in [-0.05, 0) is 95.1 Å². The fraction of sp³-hybridized carbons (Fsp3) is 0. The van der Waals surface area contributed by atoms with Gasteiger partial charge in [0.2, 0.25) is 0 Å². The topological polar surface area (TPSA) is 13.1 Å². The molecule has 12 rings (SSSR count). The maximum atomic E-state index is 2.46. The maximum Gasteiger partial charge on any atom is 0.0620 e. The smallest absolute Gasteiger partial charge is 0.0620 e. The minimum atomic E-state index is 1.07. The molecule has 0 saturated carbocycles. The van der Waals surface area contributed by atoms with Crippen molar-refractivity contribution >= 4 is 60.7 Å². The summed E-state index contributed by atoms with van der Waals surface area (Å²) in [5.74, 6) is 0. The molecule has 0 bridgehead atoms. The van der Waals surface area contributed by atoms with Gasteiger partial charge in [-0.2, -0.15) is 0 Å². The zero-order valence-electron chi connectivity index (χ0n) is 34.5. The Kier molecular flexibility index (Phi) is 8.83. The molecule has 2 aromatic heterocycles. The van der Waals surface area contributed by atoms with Crippen molar-refractivity contribution in [2.45, 2.75) is 0 Å². The second-order valence-corrected chi connectivity index (χ2v) is 16.1. The lowest BCUT2D eigenvalue weighted by molar-refractivity contribution is 1.17. The molecule has 0 aliphatic heterocycles. The zero-order valence-corrected chi connectivity index (χ0v) is 34.5. The Balaban J connectivity index is 1.20. The molecule has 0 spiro atoms. The summed E-state index contributed by atoms with van der Waals surface area (Å²) >= 11 is 0. The molecule has 0 unspecified atom stereocenters. The number of hydrogen-bond donors (Lipinski definition) is 0. The van der Waals surface area contributed by atoms with Gasteiger partial charge >= 0.3 is 0 Å². The van der Waals surface area contributed by atoms with E-state index < -0.39 is 0 Å². The lowest BCUT2D eigenvalue weighted by atomic mass is 9.96. The van der Waals surface area contributed by atoms with Crippen molar-refractivity contribution in [1.82, 2.24) is 9.13 Å². The number of rotatable bonds is 8. The van der Waals surface area contributed by atoms with E-state index in [0.717, 1.165) is 45.1 Å². The van der Waals surface area contributed by atoms with Gasteiger partial charge < -0.3 is 14.0 Å². The summed E-state index contributed by atoms with van der Waals surface area (Å²) in [6, 6.07) is 90.3. The Morgan fingerprint density at radius 3 is 1.25 bits per heavy atom. The summed E-state index contributed by atoms with van der Waals surface area (Å²) in [6.07, 6.45) is 0. The highest BCUT2D eigenvalue weighted by Crippen LogP contribution is 2.48. The molecule has 0 amide bonds. The van der Waals surface area contributed by atoms with Gasteiger partial charge in [0, 0.05) is 55.4 Å². The predicted molar refractivity (Wildman–Crippen MR) is 266 cm³/mol. The molecule has 12 aromatic rings. The van der Waals surface area contributed by atoms with Gasteiger partial charge in [0.05, 0.1) is 27.8 Å². The Bertz CT molecular complexity index is 3490. The lowest BCUT2D eigenvalue weighted by Crippen LogP contribution is -2.12. The van der Waals surface area contributed by atoms with Crippen molar-refractivity contribution in [2.75, 3.05) is 4.90 Å². The van der Waals surface area contributed by atoms with Crippen molar-refractivity contribution in [1.29, 1.82) is 0 Å². The van der Waals surface area contributed by atoms with Crippen molar-refractivity contribution in [3.05, 3.63) is 249 Å². The normalized spacial score (nSPS) is 11.5. The molecule has 0 aliphatic carbocycles. The second-order valence-electron chi connectivity index (χ2n) is 16.1. The summed E-state index contributed by atoms with van der Waals surface area (Å²) in [5, 5.41) is 4.86. The summed E-state index contributed by atoms with van der Waals surface area (Å²) in [4.78, 5) is 2.46. The average Bonchev–Trinajstić information content (AvgIpc) is 3.88. The molecule has 0 fully saturated rings. The monoisotopic (exact) mass is 803 g/mol. The van der Waals surface area contributed by atoms with Gasteiger partial charge in [0.25, 0.3) is 0 Å². The third kappa shape index (κ3) is 6.21. The van der Waals surface area contributed by atoms with Crippen LogP contribution >= 0.6 is 0 Å². The van der Waals surface area contributed by atoms with Crippen LogP contribution < -0.4 is 4.90 Å². The van der Waals surface area contributed by atoms with E-state index in [0.29, 0.717) is 0 Å². The minimum absolute atomic E-state index is 1.07. The van der Waals surface area contributed by atoms with Crippen LogP contribution in [0, 0.1) is 0 Å². The van der Waals surface area contributed by atoms with Crippen molar-refractivity contribution in [3.63, 3.8) is 0 Å². The maximum absolute atomic E-state index is 2.46. The van der Waals surface area contributed by atoms with Gasteiger partial charge in [-0.15, -0.1) is 0 Å². The number of aromatic nitrogens is 2. The van der Waals surface area contributed by atoms with Crippen LogP contribution in [0.1, 0.15) is 0 Å². The van der Waals surface area contributed by atoms with E-state index in [1.54, 1.807) is 0 Å². The average molecular weight is 804 g/mol. The van der Waals surface area contributed by atoms with Gasteiger partial charge in [-0.3, -0.25) is 0 Å². The molecule has 2 heterocycles. The Morgan fingerprint density at radius 2 is 0.698 bits per heavy atom. The van der Waals surface area contributed by atoms with Crippen LogP contribution in [0.15, 0.2) is 249 Å². The van der Waals surface area contributed by atoms with Crippen molar-refractivity contribution < 1.29 is 0 Å². The molecule has 0 aliphatic rings. The first-order chi connectivity index (χ1) is 31.3. The summed E-state index contributed by atoms with van der Waals surface area (Å²) in [5.41, 5.74) is 17.2. The van der Waals surface area contributed by atoms with E-state index in [1.165, 1.54) is 60.3 Å². The molecule has 3 heteroatoms. The Hall–Kier alpha value is -8.40. The first-order valence-electron chi connectivity index (χ1n) is 21.6. The van der Waals surface area contributed by atoms with Crippen LogP contribution in [0.3, 0.4) is 0 Å². The predicted octanol–water partition coefficient (Wildman–Crippen LogP) is 16.4. The fourth-order valence-electron chi connectivity index (χ4n) is 9.64. The number of benzene rings is 10. The zero-order chi connectivity index (χ0) is 41.7. The van der Waals surface area contributed by atoms with Crippen LogP contribution in [0.25, 0.3) is 88.4 Å². The summed E-state index contributed by atoms with van der Waals surface area (Å²) in [6.45, 7) is 0. The molecule has 63 heavy (non-hydrogen) atoms. The largest absolute Gasteiger partial charge is 0.310 e. The molecule has 0 N–H and O–H groups in total. The summed E-state index contributed by atoms with van der Waals surface area (Å²) in [7, 11) is 0. The third-order valence-electron chi connectivity index (χ3n) is 12.5. The van der Waals surface area contributed by atoms with Crippen molar-refractivity contribution in [3.8, 4) is 44.8 Å². The second kappa shape index (κ2) is 15.3. The lowest BCUT2D eigenvalue weighted by Gasteiger charge is -2.29. The fourth-order valence-corrected chi connectivity index (χ4v) is 9.64. The quantitative estimate of drug-likeness (QED) is 0.149. The number of anilines is 3. The Morgan fingerprint density at radius 1 is 0.270 bits per heavy atom. The first kappa shape index (κ1) is 36.5. The number of hydrogen-bond acceptors (Lipinski definition) is 1.